The quantitative estimate of drug-likeness (QED) is 0.175. The van der Waals surface area contributed by atoms with Gasteiger partial charge in [-0.2, -0.15) is 5.26 Å². The zero-order valence-electron chi connectivity index (χ0n) is 19.8. The first kappa shape index (κ1) is 27.2. The number of hydrogen-bond acceptors (Lipinski definition) is 3. The number of anilines is 1. The molecule has 0 saturated heterocycles. The highest BCUT2D eigenvalue weighted by Gasteiger charge is 2.11. The van der Waals surface area contributed by atoms with Crippen LogP contribution in [-0.2, 0) is 11.4 Å². The Hall–Kier alpha value is -1.86. The number of nitrogens with zero attached hydrogens (tertiary/aromatic N) is 2. The van der Waals surface area contributed by atoms with Gasteiger partial charge in [0.05, 0.1) is 23.9 Å². The average Bonchev–Trinajstić information content (AvgIpc) is 2.80. The van der Waals surface area contributed by atoms with Gasteiger partial charge in [-0.1, -0.05) is 109 Å². The molecule has 0 fully saturated rings. The van der Waals surface area contributed by atoms with Crippen molar-refractivity contribution in [3.8, 4) is 6.07 Å². The topological polar surface area (TPSA) is 64.3 Å². The number of benzene rings is 1. The third-order valence-electron chi connectivity index (χ3n) is 6.07. The molecule has 0 heterocycles. The third kappa shape index (κ3) is 12.6. The molecule has 174 valence electrons. The number of carbonyl (C=O) groups is 1. The first-order valence-corrected chi connectivity index (χ1v) is 12.6. The highest BCUT2D eigenvalue weighted by atomic mass is 16.3. The van der Waals surface area contributed by atoms with Crippen molar-refractivity contribution in [2.75, 3.05) is 11.4 Å². The molecule has 0 bridgehead atoms. The van der Waals surface area contributed by atoms with E-state index in [1.807, 2.05) is 0 Å². The van der Waals surface area contributed by atoms with Crippen molar-refractivity contribution in [2.45, 2.75) is 116 Å². The van der Waals surface area contributed by atoms with Gasteiger partial charge < -0.3 is 10.0 Å². The molecule has 1 amide bonds. The van der Waals surface area contributed by atoms with Gasteiger partial charge in [0.1, 0.15) is 0 Å². The van der Waals surface area contributed by atoms with Gasteiger partial charge in [0.15, 0.2) is 0 Å². The number of aliphatic hydroxyl groups excluding tert-OH is 1. The molecule has 0 aliphatic heterocycles. The van der Waals surface area contributed by atoms with Crippen LogP contribution >= 0.6 is 0 Å². The highest BCUT2D eigenvalue weighted by molar-refractivity contribution is 5.77. The summed E-state index contributed by atoms with van der Waals surface area (Å²) in [4.78, 5) is 13.1. The van der Waals surface area contributed by atoms with Crippen LogP contribution in [0.25, 0.3) is 0 Å². The van der Waals surface area contributed by atoms with E-state index in [2.05, 4.69) is 13.0 Å². The van der Waals surface area contributed by atoms with Gasteiger partial charge in [-0.25, -0.2) is 0 Å². The van der Waals surface area contributed by atoms with Crippen LogP contribution in [0.4, 0.5) is 5.69 Å². The van der Waals surface area contributed by atoms with Gasteiger partial charge in [-0.05, 0) is 18.6 Å². The summed E-state index contributed by atoms with van der Waals surface area (Å²) in [5.41, 5.74) is 1.84. The van der Waals surface area contributed by atoms with Crippen molar-refractivity contribution in [3.63, 3.8) is 0 Å². The minimum atomic E-state index is -0.135. The summed E-state index contributed by atoms with van der Waals surface area (Å²) >= 11 is 0. The molecule has 4 nitrogen and oxygen atoms in total. The number of amides is 1. The molecule has 0 saturated carbocycles. The second-order valence-corrected chi connectivity index (χ2v) is 8.72. The molecular weight excluding hydrogens is 384 g/mol. The summed E-state index contributed by atoms with van der Waals surface area (Å²) in [7, 11) is 0. The zero-order chi connectivity index (χ0) is 22.6. The molecule has 0 unspecified atom stereocenters. The maximum absolute atomic E-state index is 11.5. The Kier molecular flexibility index (Phi) is 16.5. The van der Waals surface area contributed by atoms with E-state index in [0.29, 0.717) is 23.4 Å². The van der Waals surface area contributed by atoms with Crippen molar-refractivity contribution in [2.24, 2.45) is 0 Å². The molecule has 31 heavy (non-hydrogen) atoms. The minimum Gasteiger partial charge on any atom is -0.392 e. The maximum atomic E-state index is 11.5. The van der Waals surface area contributed by atoms with Crippen molar-refractivity contribution >= 4 is 12.1 Å². The van der Waals surface area contributed by atoms with Gasteiger partial charge >= 0.3 is 0 Å². The lowest BCUT2D eigenvalue weighted by Gasteiger charge is -2.20. The fraction of sp³-hybridized carbons (Fsp3) is 0.704. The molecule has 4 heteroatoms. The Morgan fingerprint density at radius 2 is 1.32 bits per heavy atom. The van der Waals surface area contributed by atoms with Crippen molar-refractivity contribution in [1.82, 2.24) is 0 Å². The SMILES string of the molecule is CCCCCCCCCCCCCCCCCCN(C=O)c1cc(C#N)ccc1CO. The first-order chi connectivity index (χ1) is 15.3. The van der Waals surface area contributed by atoms with Crippen molar-refractivity contribution < 1.29 is 9.90 Å². The largest absolute Gasteiger partial charge is 0.392 e. The number of hydrogen-bond donors (Lipinski definition) is 1. The van der Waals surface area contributed by atoms with Gasteiger partial charge in [0.25, 0.3) is 0 Å². The second kappa shape index (κ2) is 18.9. The predicted octanol–water partition coefficient (Wildman–Crippen LogP) is 7.27. The fourth-order valence-electron chi connectivity index (χ4n) is 4.09. The molecule has 1 aromatic carbocycles. The fourth-order valence-corrected chi connectivity index (χ4v) is 4.09. The predicted molar refractivity (Wildman–Crippen MR) is 130 cm³/mol. The Balaban J connectivity index is 2.03. The van der Waals surface area contributed by atoms with E-state index in [1.165, 1.54) is 89.9 Å². The lowest BCUT2D eigenvalue weighted by Crippen LogP contribution is -2.23. The Morgan fingerprint density at radius 3 is 1.74 bits per heavy atom. The van der Waals surface area contributed by atoms with E-state index < -0.39 is 0 Å². The maximum Gasteiger partial charge on any atom is 0.214 e. The van der Waals surface area contributed by atoms with Gasteiger partial charge in [-0.3, -0.25) is 4.79 Å². The molecule has 0 aliphatic carbocycles. The summed E-state index contributed by atoms with van der Waals surface area (Å²) < 4.78 is 0. The van der Waals surface area contributed by atoms with Gasteiger partial charge in [-0.15, -0.1) is 0 Å². The zero-order valence-corrected chi connectivity index (χ0v) is 19.8. The summed E-state index contributed by atoms with van der Waals surface area (Å²) in [6, 6.07) is 7.18. The third-order valence-corrected chi connectivity index (χ3v) is 6.07. The normalized spacial score (nSPS) is 10.7. The highest BCUT2D eigenvalue weighted by Crippen LogP contribution is 2.22. The second-order valence-electron chi connectivity index (χ2n) is 8.72. The lowest BCUT2D eigenvalue weighted by atomic mass is 10.0. The van der Waals surface area contributed by atoms with Crippen LogP contribution < -0.4 is 4.90 Å². The standard InChI is InChI=1S/C27H44N2O2/c1-2-3-4-5-6-7-8-9-10-11-12-13-14-15-16-17-20-29(24-31)27-21-25(22-28)18-19-26(27)23-30/h18-19,21,24,30H,2-17,20,23H2,1H3. The van der Waals surface area contributed by atoms with Crippen LogP contribution in [0.5, 0.6) is 0 Å². The number of aliphatic hydroxyl groups is 1. The van der Waals surface area contributed by atoms with Gasteiger partial charge in [0.2, 0.25) is 6.41 Å². The van der Waals surface area contributed by atoms with E-state index in [9.17, 15) is 9.90 Å². The Bertz CT molecular complexity index is 624. The van der Waals surface area contributed by atoms with Crippen LogP contribution in [0.2, 0.25) is 0 Å². The summed E-state index contributed by atoms with van der Waals surface area (Å²) in [6.45, 7) is 2.77. The summed E-state index contributed by atoms with van der Waals surface area (Å²) in [6.07, 6.45) is 22.0. The monoisotopic (exact) mass is 428 g/mol. The van der Waals surface area contributed by atoms with E-state index in [4.69, 9.17) is 5.26 Å². The molecule has 1 aromatic rings. The lowest BCUT2D eigenvalue weighted by molar-refractivity contribution is -0.107. The van der Waals surface area contributed by atoms with Crippen molar-refractivity contribution in [3.05, 3.63) is 29.3 Å². The van der Waals surface area contributed by atoms with Crippen LogP contribution in [0.3, 0.4) is 0 Å². The first-order valence-electron chi connectivity index (χ1n) is 12.6. The summed E-state index contributed by atoms with van der Waals surface area (Å²) in [5.74, 6) is 0. The van der Waals surface area contributed by atoms with E-state index in [1.54, 1.807) is 23.1 Å². The number of carbonyl (C=O) groups excluding carboxylic acids is 1. The van der Waals surface area contributed by atoms with Crippen LogP contribution in [0.1, 0.15) is 121 Å². The van der Waals surface area contributed by atoms with E-state index in [-0.39, 0.29) is 6.61 Å². The van der Waals surface area contributed by atoms with Gasteiger partial charge in [0, 0.05) is 12.1 Å². The van der Waals surface area contributed by atoms with E-state index in [0.717, 1.165) is 19.3 Å². The molecule has 1 N–H and O–H groups in total. The molecule has 0 atom stereocenters. The summed E-state index contributed by atoms with van der Waals surface area (Å²) in [5, 5.41) is 18.6. The number of unbranched alkanes of at least 4 members (excludes halogenated alkanes) is 15. The Morgan fingerprint density at radius 1 is 0.839 bits per heavy atom. The molecule has 0 aliphatic rings. The van der Waals surface area contributed by atoms with E-state index >= 15 is 0 Å². The molecular formula is C27H44N2O2. The van der Waals surface area contributed by atoms with Crippen LogP contribution in [-0.4, -0.2) is 18.1 Å². The van der Waals surface area contributed by atoms with Crippen LogP contribution in [0, 0.1) is 11.3 Å². The molecule has 0 spiro atoms. The number of nitriles is 1. The van der Waals surface area contributed by atoms with Crippen molar-refractivity contribution in [1.29, 1.82) is 5.26 Å². The average molecular weight is 429 g/mol. The van der Waals surface area contributed by atoms with Crippen LogP contribution in [0.15, 0.2) is 18.2 Å². The smallest absolute Gasteiger partial charge is 0.214 e. The molecule has 1 rings (SSSR count). The molecule has 0 aromatic heterocycles. The number of rotatable bonds is 20. The Labute approximate surface area is 190 Å². The minimum absolute atomic E-state index is 0.135. The molecule has 0 radical (unpaired) electrons.